The van der Waals surface area contributed by atoms with Crippen molar-refractivity contribution in [2.75, 3.05) is 26.7 Å². The summed E-state index contributed by atoms with van der Waals surface area (Å²) in [6.07, 6.45) is 0.921. The first-order valence-electron chi connectivity index (χ1n) is 9.09. The predicted octanol–water partition coefficient (Wildman–Crippen LogP) is 1.98. The van der Waals surface area contributed by atoms with E-state index < -0.39 is 0 Å². The number of fused-ring (bicyclic) bond motifs is 2. The second-order valence-electron chi connectivity index (χ2n) is 6.73. The Labute approximate surface area is 161 Å². The Kier molecular flexibility index (Phi) is 3.96. The molecule has 0 spiro atoms. The van der Waals surface area contributed by atoms with Crippen molar-refractivity contribution in [2.24, 2.45) is 0 Å². The van der Waals surface area contributed by atoms with E-state index in [2.05, 4.69) is 0 Å². The number of nitrogens with zero attached hydrogens (tertiary/aromatic N) is 2. The van der Waals surface area contributed by atoms with Gasteiger partial charge in [0, 0.05) is 18.7 Å². The summed E-state index contributed by atoms with van der Waals surface area (Å²) < 4.78 is 21.3. The van der Waals surface area contributed by atoms with Crippen molar-refractivity contribution in [3.63, 3.8) is 0 Å². The Bertz CT molecular complexity index is 960. The van der Waals surface area contributed by atoms with Gasteiger partial charge in [0.15, 0.2) is 23.0 Å². The highest BCUT2D eigenvalue weighted by Gasteiger charge is 2.32. The van der Waals surface area contributed by atoms with Crippen molar-refractivity contribution < 1.29 is 28.5 Å². The highest BCUT2D eigenvalue weighted by atomic mass is 16.7. The summed E-state index contributed by atoms with van der Waals surface area (Å²) in [6.45, 7) is 1.35. The van der Waals surface area contributed by atoms with Crippen molar-refractivity contribution in [2.45, 2.75) is 12.8 Å². The van der Waals surface area contributed by atoms with Crippen molar-refractivity contribution >= 4 is 11.8 Å². The molecule has 0 radical (unpaired) electrons. The second kappa shape index (κ2) is 6.63. The first-order valence-corrected chi connectivity index (χ1v) is 9.09. The summed E-state index contributed by atoms with van der Waals surface area (Å²) >= 11 is 0. The van der Waals surface area contributed by atoms with Gasteiger partial charge in [0.05, 0.1) is 6.42 Å². The van der Waals surface area contributed by atoms with E-state index in [0.29, 0.717) is 41.7 Å². The number of benzene rings is 2. The zero-order valence-electron chi connectivity index (χ0n) is 15.1. The maximum Gasteiger partial charge on any atom is 0.272 e. The van der Waals surface area contributed by atoms with E-state index in [4.69, 9.17) is 18.9 Å². The number of rotatable bonds is 3. The van der Waals surface area contributed by atoms with Gasteiger partial charge in [-0.3, -0.25) is 14.6 Å². The highest BCUT2D eigenvalue weighted by molar-refractivity contribution is 5.96. The molecule has 144 valence electrons. The molecule has 0 N–H and O–H groups in total. The van der Waals surface area contributed by atoms with Crippen LogP contribution in [-0.4, -0.2) is 48.5 Å². The van der Waals surface area contributed by atoms with Gasteiger partial charge >= 0.3 is 0 Å². The third-order valence-corrected chi connectivity index (χ3v) is 4.97. The number of hydrogen-bond donors (Lipinski definition) is 0. The lowest BCUT2D eigenvalue weighted by molar-refractivity contribution is -0.139. The SMILES string of the molecule is O=C(Cc1ccc2c(c1)OCO2)N1CCCN1C(=O)c1ccc2c(c1)OCO2. The lowest BCUT2D eigenvalue weighted by atomic mass is 10.1. The Morgan fingerprint density at radius 1 is 0.786 bits per heavy atom. The van der Waals surface area contributed by atoms with Crippen LogP contribution < -0.4 is 18.9 Å². The molecule has 8 nitrogen and oxygen atoms in total. The molecular formula is C20H18N2O6. The fourth-order valence-electron chi connectivity index (χ4n) is 3.58. The van der Waals surface area contributed by atoms with Crippen LogP contribution in [0.5, 0.6) is 23.0 Å². The van der Waals surface area contributed by atoms with E-state index >= 15 is 0 Å². The van der Waals surface area contributed by atoms with Gasteiger partial charge in [-0.05, 0) is 42.3 Å². The molecule has 0 saturated carbocycles. The van der Waals surface area contributed by atoms with Crippen LogP contribution in [-0.2, 0) is 11.2 Å². The number of ether oxygens (including phenoxy) is 4. The lowest BCUT2D eigenvalue weighted by Gasteiger charge is -2.28. The van der Waals surface area contributed by atoms with Crippen molar-refractivity contribution in [3.05, 3.63) is 47.5 Å². The van der Waals surface area contributed by atoms with Crippen molar-refractivity contribution in [1.82, 2.24) is 10.0 Å². The topological polar surface area (TPSA) is 77.5 Å². The monoisotopic (exact) mass is 382 g/mol. The molecule has 0 bridgehead atoms. The van der Waals surface area contributed by atoms with E-state index in [1.807, 2.05) is 6.07 Å². The molecule has 1 fully saturated rings. The van der Waals surface area contributed by atoms with Crippen LogP contribution >= 0.6 is 0 Å². The zero-order valence-corrected chi connectivity index (χ0v) is 15.1. The smallest absolute Gasteiger partial charge is 0.272 e. The van der Waals surface area contributed by atoms with E-state index in [1.54, 1.807) is 30.3 Å². The first kappa shape index (κ1) is 16.7. The highest BCUT2D eigenvalue weighted by Crippen LogP contribution is 2.34. The second-order valence-corrected chi connectivity index (χ2v) is 6.73. The quantitative estimate of drug-likeness (QED) is 0.808. The fourth-order valence-corrected chi connectivity index (χ4v) is 3.58. The molecule has 0 unspecified atom stereocenters. The number of carbonyl (C=O) groups is 2. The molecule has 1 saturated heterocycles. The maximum atomic E-state index is 13.0. The molecule has 2 amide bonds. The Morgan fingerprint density at radius 2 is 1.43 bits per heavy atom. The molecule has 0 aliphatic carbocycles. The van der Waals surface area contributed by atoms with Crippen LogP contribution in [0.25, 0.3) is 0 Å². The van der Waals surface area contributed by atoms with Gasteiger partial charge in [-0.25, -0.2) is 5.01 Å². The van der Waals surface area contributed by atoms with E-state index in [-0.39, 0.29) is 31.8 Å². The van der Waals surface area contributed by atoms with E-state index in [1.165, 1.54) is 10.0 Å². The summed E-state index contributed by atoms with van der Waals surface area (Å²) in [5.74, 6) is 2.12. The number of hydrazine groups is 1. The summed E-state index contributed by atoms with van der Waals surface area (Å²) in [4.78, 5) is 25.8. The molecule has 2 aromatic rings. The molecule has 8 heteroatoms. The van der Waals surface area contributed by atoms with Gasteiger partial charge in [-0.2, -0.15) is 0 Å². The summed E-state index contributed by atoms with van der Waals surface area (Å²) in [5.41, 5.74) is 1.28. The molecular weight excluding hydrogens is 364 g/mol. The first-order chi connectivity index (χ1) is 13.7. The van der Waals surface area contributed by atoms with Crippen LogP contribution in [0.1, 0.15) is 22.3 Å². The van der Waals surface area contributed by atoms with Gasteiger partial charge in [-0.15, -0.1) is 0 Å². The van der Waals surface area contributed by atoms with Crippen LogP contribution in [0.15, 0.2) is 36.4 Å². The Morgan fingerprint density at radius 3 is 2.21 bits per heavy atom. The third kappa shape index (κ3) is 2.87. The molecule has 0 aromatic heterocycles. The largest absolute Gasteiger partial charge is 0.454 e. The van der Waals surface area contributed by atoms with E-state index in [0.717, 1.165) is 12.0 Å². The number of amides is 2. The molecule has 3 aliphatic rings. The van der Waals surface area contributed by atoms with Gasteiger partial charge < -0.3 is 18.9 Å². The number of carbonyl (C=O) groups excluding carboxylic acids is 2. The van der Waals surface area contributed by atoms with Crippen LogP contribution in [0.2, 0.25) is 0 Å². The molecule has 2 aromatic carbocycles. The minimum Gasteiger partial charge on any atom is -0.454 e. The minimum absolute atomic E-state index is 0.134. The van der Waals surface area contributed by atoms with Gasteiger partial charge in [0.25, 0.3) is 5.91 Å². The van der Waals surface area contributed by atoms with Gasteiger partial charge in [0.1, 0.15) is 0 Å². The molecule has 5 rings (SSSR count). The average Bonchev–Trinajstić information content (AvgIpc) is 3.45. The molecule has 0 atom stereocenters. The normalized spacial score (nSPS) is 16.6. The Hall–Kier alpha value is -3.42. The molecule has 28 heavy (non-hydrogen) atoms. The summed E-state index contributed by atoms with van der Waals surface area (Å²) in [7, 11) is 0. The zero-order chi connectivity index (χ0) is 19.1. The molecule has 3 aliphatic heterocycles. The summed E-state index contributed by atoms with van der Waals surface area (Å²) in [5, 5.41) is 3.03. The van der Waals surface area contributed by atoms with Crippen LogP contribution in [0, 0.1) is 0 Å². The fraction of sp³-hybridized carbons (Fsp3) is 0.300. The predicted molar refractivity (Wildman–Crippen MR) is 96.2 cm³/mol. The average molecular weight is 382 g/mol. The van der Waals surface area contributed by atoms with Crippen molar-refractivity contribution in [3.8, 4) is 23.0 Å². The van der Waals surface area contributed by atoms with E-state index in [9.17, 15) is 9.59 Å². The molecule has 3 heterocycles. The van der Waals surface area contributed by atoms with Gasteiger partial charge in [-0.1, -0.05) is 6.07 Å². The standard InChI is InChI=1S/C20H18N2O6/c23-19(9-13-2-4-15-17(8-13)27-11-25-15)21-6-1-7-22(21)20(24)14-3-5-16-18(10-14)28-12-26-16/h2-5,8,10H,1,6-7,9,11-12H2. The lowest BCUT2D eigenvalue weighted by Crippen LogP contribution is -2.45. The van der Waals surface area contributed by atoms with Gasteiger partial charge in [0.2, 0.25) is 19.5 Å². The minimum atomic E-state index is -0.227. The Balaban J connectivity index is 1.32. The third-order valence-electron chi connectivity index (χ3n) is 4.97. The van der Waals surface area contributed by atoms with Crippen LogP contribution in [0.3, 0.4) is 0 Å². The van der Waals surface area contributed by atoms with Crippen LogP contribution in [0.4, 0.5) is 0 Å². The maximum absolute atomic E-state index is 13.0. The number of hydrogen-bond acceptors (Lipinski definition) is 6. The summed E-state index contributed by atoms with van der Waals surface area (Å²) in [6, 6.07) is 10.5. The van der Waals surface area contributed by atoms with Crippen molar-refractivity contribution in [1.29, 1.82) is 0 Å².